The monoisotopic (exact) mass is 320 g/mol. The molecule has 0 saturated carbocycles. The van der Waals surface area contributed by atoms with Crippen LogP contribution < -0.4 is 10.1 Å². The van der Waals surface area contributed by atoms with E-state index in [0.29, 0.717) is 5.56 Å². The van der Waals surface area contributed by atoms with E-state index < -0.39 is 22.5 Å². The molecule has 0 bridgehead atoms. The van der Waals surface area contributed by atoms with Crippen LogP contribution in [0.5, 0.6) is 5.75 Å². The Bertz CT molecular complexity index is 721. The molecule has 2 aromatic rings. The van der Waals surface area contributed by atoms with Gasteiger partial charge in [-0.25, -0.2) is 0 Å². The van der Waals surface area contributed by atoms with Gasteiger partial charge in [-0.15, -0.1) is 0 Å². The number of halogens is 1. The highest BCUT2D eigenvalue weighted by Crippen LogP contribution is 2.32. The Morgan fingerprint density at radius 2 is 2.13 bits per heavy atom. The quantitative estimate of drug-likeness (QED) is 0.631. The largest absolute Gasteiger partial charge is 0.497 e. The number of ether oxygens (including phenoxy) is 1. The van der Waals surface area contributed by atoms with Crippen molar-refractivity contribution >= 4 is 11.4 Å². The number of aliphatic hydroxyl groups excluding tert-OH is 1. The molecule has 7 heteroatoms. The van der Waals surface area contributed by atoms with Crippen molar-refractivity contribution in [1.29, 1.82) is 0 Å². The van der Waals surface area contributed by atoms with E-state index in [1.165, 1.54) is 13.2 Å². The lowest BCUT2D eigenvalue weighted by atomic mass is 10.1. The number of aryl methyl sites for hydroxylation is 1. The van der Waals surface area contributed by atoms with Gasteiger partial charge in [0.25, 0.3) is 0 Å². The van der Waals surface area contributed by atoms with Gasteiger partial charge < -0.3 is 15.2 Å². The van der Waals surface area contributed by atoms with Crippen LogP contribution in [0.3, 0.4) is 0 Å². The molecule has 0 aliphatic rings. The molecule has 0 heterocycles. The summed E-state index contributed by atoms with van der Waals surface area (Å²) in [6.45, 7) is 1.89. The average molecular weight is 320 g/mol. The number of hydrogen-bond acceptors (Lipinski definition) is 5. The molecule has 0 spiro atoms. The van der Waals surface area contributed by atoms with Crippen molar-refractivity contribution in [1.82, 2.24) is 0 Å². The van der Waals surface area contributed by atoms with E-state index in [2.05, 4.69) is 5.32 Å². The van der Waals surface area contributed by atoms with Crippen molar-refractivity contribution < 1.29 is 19.2 Å². The van der Waals surface area contributed by atoms with Gasteiger partial charge >= 0.3 is 5.69 Å². The molecule has 2 aromatic carbocycles. The summed E-state index contributed by atoms with van der Waals surface area (Å²) in [4.78, 5) is 10.2. The molecule has 1 unspecified atom stereocenters. The lowest BCUT2D eigenvalue weighted by Crippen LogP contribution is -2.13. The summed E-state index contributed by atoms with van der Waals surface area (Å²) < 4.78 is 18.7. The predicted octanol–water partition coefficient (Wildman–Crippen LogP) is 3.20. The van der Waals surface area contributed by atoms with E-state index in [1.54, 1.807) is 6.07 Å². The molecule has 122 valence electrons. The van der Waals surface area contributed by atoms with Crippen LogP contribution in [0, 0.1) is 22.9 Å². The second-order valence-corrected chi connectivity index (χ2v) is 5.07. The minimum absolute atomic E-state index is 0.00307. The predicted molar refractivity (Wildman–Crippen MR) is 84.2 cm³/mol. The van der Waals surface area contributed by atoms with Gasteiger partial charge in [0.1, 0.15) is 11.4 Å². The number of aliphatic hydroxyl groups is 1. The molecule has 6 nitrogen and oxygen atoms in total. The molecule has 23 heavy (non-hydrogen) atoms. The van der Waals surface area contributed by atoms with Gasteiger partial charge in [0.2, 0.25) is 5.82 Å². The summed E-state index contributed by atoms with van der Waals surface area (Å²) in [5.74, 6) is -0.845. The summed E-state index contributed by atoms with van der Waals surface area (Å²) >= 11 is 0. The number of rotatable bonds is 6. The van der Waals surface area contributed by atoms with Gasteiger partial charge in [-0.1, -0.05) is 29.8 Å². The van der Waals surface area contributed by atoms with Crippen molar-refractivity contribution in [2.75, 3.05) is 19.0 Å². The van der Waals surface area contributed by atoms with Gasteiger partial charge in [0, 0.05) is 18.7 Å². The molecular formula is C16H17FN2O4. The van der Waals surface area contributed by atoms with Crippen molar-refractivity contribution in [2.45, 2.75) is 13.0 Å². The Morgan fingerprint density at radius 1 is 1.39 bits per heavy atom. The second-order valence-electron chi connectivity index (χ2n) is 5.07. The van der Waals surface area contributed by atoms with Crippen molar-refractivity contribution in [3.05, 3.63) is 63.5 Å². The highest BCUT2D eigenvalue weighted by Gasteiger charge is 2.22. The zero-order valence-electron chi connectivity index (χ0n) is 12.7. The van der Waals surface area contributed by atoms with E-state index in [4.69, 9.17) is 4.74 Å². The van der Waals surface area contributed by atoms with Crippen LogP contribution in [0.4, 0.5) is 15.8 Å². The fourth-order valence-corrected chi connectivity index (χ4v) is 2.21. The summed E-state index contributed by atoms with van der Waals surface area (Å²) in [7, 11) is 1.34. The Balaban J connectivity index is 2.22. The smallest absolute Gasteiger partial charge is 0.327 e. The maximum atomic E-state index is 13.8. The minimum atomic E-state index is -0.998. The number of hydrogen-bond donors (Lipinski definition) is 2. The number of nitrogens with zero attached hydrogens (tertiary/aromatic N) is 1. The minimum Gasteiger partial charge on any atom is -0.497 e. The first-order chi connectivity index (χ1) is 10.9. The number of anilines is 1. The number of benzene rings is 2. The lowest BCUT2D eigenvalue weighted by Gasteiger charge is -2.14. The van der Waals surface area contributed by atoms with Gasteiger partial charge in [-0.05, 0) is 12.5 Å². The third kappa shape index (κ3) is 3.95. The van der Waals surface area contributed by atoms with Crippen LogP contribution in [-0.4, -0.2) is 23.7 Å². The van der Waals surface area contributed by atoms with Gasteiger partial charge in [0.15, 0.2) is 0 Å². The van der Waals surface area contributed by atoms with Crippen LogP contribution >= 0.6 is 0 Å². The Labute approximate surface area is 132 Å². The summed E-state index contributed by atoms with van der Waals surface area (Å²) in [6.07, 6.45) is -0.885. The molecule has 0 saturated heterocycles. The lowest BCUT2D eigenvalue weighted by molar-refractivity contribution is -0.386. The first-order valence-corrected chi connectivity index (χ1v) is 6.92. The molecule has 0 fully saturated rings. The van der Waals surface area contributed by atoms with E-state index in [1.807, 2.05) is 25.1 Å². The third-order valence-electron chi connectivity index (χ3n) is 3.37. The first kappa shape index (κ1) is 16.7. The first-order valence-electron chi connectivity index (χ1n) is 6.92. The number of nitro benzene ring substituents is 1. The van der Waals surface area contributed by atoms with E-state index >= 15 is 0 Å². The Hall–Kier alpha value is -2.67. The maximum absolute atomic E-state index is 13.8. The molecule has 0 aliphatic carbocycles. The summed E-state index contributed by atoms with van der Waals surface area (Å²) in [5.41, 5.74) is 0.935. The molecule has 2 N–H and O–H groups in total. The Morgan fingerprint density at radius 3 is 2.74 bits per heavy atom. The van der Waals surface area contributed by atoms with Gasteiger partial charge in [0.05, 0.1) is 18.1 Å². The molecule has 1 atom stereocenters. The molecule has 0 aliphatic heterocycles. The van der Waals surface area contributed by atoms with Crippen LogP contribution in [-0.2, 0) is 0 Å². The van der Waals surface area contributed by atoms with Crippen LogP contribution in [0.1, 0.15) is 17.2 Å². The van der Waals surface area contributed by atoms with Crippen molar-refractivity contribution in [2.24, 2.45) is 0 Å². The SMILES string of the molecule is COc1cc(F)c([N+](=O)[O-])c(NCC(O)c2cccc(C)c2)c1. The molecule has 2 rings (SSSR count). The number of nitrogens with one attached hydrogen (secondary N) is 1. The van der Waals surface area contributed by atoms with Crippen molar-refractivity contribution in [3.63, 3.8) is 0 Å². The average Bonchev–Trinajstić information content (AvgIpc) is 2.51. The van der Waals surface area contributed by atoms with Crippen molar-refractivity contribution in [3.8, 4) is 5.75 Å². The van der Waals surface area contributed by atoms with Crippen LogP contribution in [0.2, 0.25) is 0 Å². The second kappa shape index (κ2) is 7.06. The fraction of sp³-hybridized carbons (Fsp3) is 0.250. The van der Waals surface area contributed by atoms with Gasteiger partial charge in [-0.2, -0.15) is 4.39 Å². The summed E-state index contributed by atoms with van der Waals surface area (Å²) in [6, 6.07) is 9.53. The van der Waals surface area contributed by atoms with Crippen LogP contribution in [0.15, 0.2) is 36.4 Å². The van der Waals surface area contributed by atoms with Gasteiger partial charge in [-0.3, -0.25) is 10.1 Å². The normalized spacial score (nSPS) is 11.8. The van der Waals surface area contributed by atoms with E-state index in [9.17, 15) is 19.6 Å². The standard InChI is InChI=1S/C16H17FN2O4/c1-10-4-3-5-11(6-10)15(20)9-18-14-8-12(23-2)7-13(17)16(14)19(21)22/h3-8,15,18,20H,9H2,1-2H3. The van der Waals surface area contributed by atoms with Crippen LogP contribution in [0.25, 0.3) is 0 Å². The molecular weight excluding hydrogens is 303 g/mol. The number of methoxy groups -OCH3 is 1. The Kier molecular flexibility index (Phi) is 5.13. The highest BCUT2D eigenvalue weighted by atomic mass is 19.1. The molecule has 0 aromatic heterocycles. The zero-order valence-corrected chi connectivity index (χ0v) is 12.7. The van der Waals surface area contributed by atoms with E-state index in [0.717, 1.165) is 11.6 Å². The topological polar surface area (TPSA) is 84.6 Å². The highest BCUT2D eigenvalue weighted by molar-refractivity contribution is 5.65. The third-order valence-corrected chi connectivity index (χ3v) is 3.37. The maximum Gasteiger partial charge on any atom is 0.327 e. The number of nitro groups is 1. The zero-order chi connectivity index (χ0) is 17.0. The summed E-state index contributed by atoms with van der Waals surface area (Å²) in [5, 5.41) is 23.9. The fourth-order valence-electron chi connectivity index (χ4n) is 2.21. The molecule has 0 radical (unpaired) electrons. The van der Waals surface area contributed by atoms with E-state index in [-0.39, 0.29) is 18.0 Å². The molecule has 0 amide bonds.